The number of esters is 1. The normalized spacial score (nSPS) is 11.0. The molecule has 0 bridgehead atoms. The molecule has 0 aliphatic rings. The van der Waals surface area contributed by atoms with Crippen molar-refractivity contribution in [1.82, 2.24) is 0 Å². The average Bonchev–Trinajstić information content (AvgIpc) is 2.69. The average molecular weight is 522 g/mol. The molecule has 2 aromatic carbocycles. The fraction of sp³-hybridized carbons (Fsp3) is 0.250. The number of hydrogen-bond donors (Lipinski definition) is 2. The first kappa shape index (κ1) is 24.7. The van der Waals surface area contributed by atoms with Crippen molar-refractivity contribution in [2.24, 2.45) is 0 Å². The first-order valence-corrected chi connectivity index (χ1v) is 10.1. The highest BCUT2D eigenvalue weighted by Crippen LogP contribution is 2.30. The van der Waals surface area contributed by atoms with E-state index < -0.39 is 36.1 Å². The summed E-state index contributed by atoms with van der Waals surface area (Å²) in [5.74, 6) is -1.79. The van der Waals surface area contributed by atoms with Crippen molar-refractivity contribution in [2.45, 2.75) is 25.4 Å². The van der Waals surface area contributed by atoms with Crippen LogP contribution in [0.2, 0.25) is 5.02 Å². The number of halogens is 5. The van der Waals surface area contributed by atoms with Crippen LogP contribution in [0.25, 0.3) is 0 Å². The maximum Gasteiger partial charge on any atom is 0.416 e. The molecule has 166 valence electrons. The number of anilines is 2. The van der Waals surface area contributed by atoms with Crippen LogP contribution in [0, 0.1) is 0 Å². The fourth-order valence-corrected chi connectivity index (χ4v) is 2.81. The van der Waals surface area contributed by atoms with E-state index in [1.165, 1.54) is 18.2 Å². The molecule has 0 aliphatic carbocycles. The second-order valence-electron chi connectivity index (χ2n) is 6.32. The van der Waals surface area contributed by atoms with Gasteiger partial charge in [0.2, 0.25) is 5.91 Å². The molecule has 2 aromatic rings. The molecule has 0 radical (unpaired) electrons. The zero-order valence-corrected chi connectivity index (χ0v) is 18.2. The lowest BCUT2D eigenvalue weighted by Gasteiger charge is -2.10. The highest BCUT2D eigenvalue weighted by molar-refractivity contribution is 9.10. The Bertz CT molecular complexity index is 970. The highest BCUT2D eigenvalue weighted by atomic mass is 79.9. The lowest BCUT2D eigenvalue weighted by atomic mass is 10.2. The molecule has 2 N–H and O–H groups in total. The third-order valence-corrected chi connectivity index (χ3v) is 5.06. The van der Waals surface area contributed by atoms with Crippen molar-refractivity contribution in [3.8, 4) is 0 Å². The lowest BCUT2D eigenvalue weighted by Crippen LogP contribution is -2.21. The Labute approximate surface area is 189 Å². The lowest BCUT2D eigenvalue weighted by molar-refractivity contribution is -0.147. The van der Waals surface area contributed by atoms with Crippen LogP contribution < -0.4 is 10.6 Å². The second kappa shape index (κ2) is 11.1. The first-order valence-electron chi connectivity index (χ1n) is 8.92. The minimum Gasteiger partial charge on any atom is -0.456 e. The van der Waals surface area contributed by atoms with E-state index in [0.717, 1.165) is 12.1 Å². The summed E-state index contributed by atoms with van der Waals surface area (Å²) in [7, 11) is 0. The first-order chi connectivity index (χ1) is 14.5. The van der Waals surface area contributed by atoms with Crippen LogP contribution in [0.5, 0.6) is 0 Å². The summed E-state index contributed by atoms with van der Waals surface area (Å²) >= 11 is 9.14. The number of carbonyl (C=O) groups excluding carboxylic acids is 3. The molecule has 0 spiro atoms. The minimum absolute atomic E-state index is 0.00659. The number of carbonyl (C=O) groups is 3. The Hall–Kier alpha value is -2.59. The Morgan fingerprint density at radius 3 is 2.32 bits per heavy atom. The molecule has 31 heavy (non-hydrogen) atoms. The van der Waals surface area contributed by atoms with Gasteiger partial charge in [0, 0.05) is 28.7 Å². The number of ether oxygens (including phenoxy) is 1. The van der Waals surface area contributed by atoms with Gasteiger partial charge < -0.3 is 15.4 Å². The number of amides is 2. The van der Waals surface area contributed by atoms with E-state index in [-0.39, 0.29) is 24.9 Å². The van der Waals surface area contributed by atoms with Crippen molar-refractivity contribution < 1.29 is 32.3 Å². The van der Waals surface area contributed by atoms with Gasteiger partial charge in [-0.2, -0.15) is 13.2 Å². The summed E-state index contributed by atoms with van der Waals surface area (Å²) in [6, 6.07) is 9.01. The van der Waals surface area contributed by atoms with Gasteiger partial charge in [0.1, 0.15) is 0 Å². The van der Waals surface area contributed by atoms with Crippen molar-refractivity contribution >= 4 is 56.7 Å². The summed E-state index contributed by atoms with van der Waals surface area (Å²) in [6.07, 6.45) is -4.64. The van der Waals surface area contributed by atoms with Crippen LogP contribution in [0.3, 0.4) is 0 Å². The van der Waals surface area contributed by atoms with Gasteiger partial charge in [-0.3, -0.25) is 14.4 Å². The molecule has 11 heteroatoms. The van der Waals surface area contributed by atoms with Crippen LogP contribution in [-0.4, -0.2) is 24.4 Å². The molecule has 2 amide bonds. The van der Waals surface area contributed by atoms with Crippen LogP contribution in [0.4, 0.5) is 24.5 Å². The molecule has 0 aromatic heterocycles. The van der Waals surface area contributed by atoms with Crippen LogP contribution in [-0.2, 0) is 25.3 Å². The molecule has 0 atom stereocenters. The van der Waals surface area contributed by atoms with Gasteiger partial charge >= 0.3 is 12.1 Å². The third-order valence-electron chi connectivity index (χ3n) is 3.83. The molecule has 0 fully saturated rings. The Morgan fingerprint density at radius 2 is 1.65 bits per heavy atom. The Balaban J connectivity index is 1.69. The molecule has 0 unspecified atom stereocenters. The minimum atomic E-state index is -4.51. The van der Waals surface area contributed by atoms with Crippen molar-refractivity contribution in [2.75, 3.05) is 17.2 Å². The predicted molar refractivity (Wildman–Crippen MR) is 113 cm³/mol. The molecular weight excluding hydrogens is 505 g/mol. The van der Waals surface area contributed by atoms with Gasteiger partial charge in [-0.15, -0.1) is 0 Å². The topological polar surface area (TPSA) is 84.5 Å². The van der Waals surface area contributed by atoms with Gasteiger partial charge in [-0.25, -0.2) is 0 Å². The highest BCUT2D eigenvalue weighted by Gasteiger charge is 2.30. The number of rotatable bonds is 8. The van der Waals surface area contributed by atoms with Gasteiger partial charge in [0.05, 0.1) is 10.6 Å². The molecule has 0 aliphatic heterocycles. The largest absolute Gasteiger partial charge is 0.456 e. The number of benzene rings is 2. The molecule has 0 heterocycles. The van der Waals surface area contributed by atoms with Gasteiger partial charge in [-0.05, 0) is 58.7 Å². The molecule has 0 saturated carbocycles. The van der Waals surface area contributed by atoms with Crippen LogP contribution >= 0.6 is 27.5 Å². The summed E-state index contributed by atoms with van der Waals surface area (Å²) in [4.78, 5) is 35.4. The van der Waals surface area contributed by atoms with E-state index in [0.29, 0.717) is 15.2 Å². The molecule has 2 rings (SSSR count). The van der Waals surface area contributed by atoms with Crippen molar-refractivity contribution in [3.63, 3.8) is 0 Å². The van der Waals surface area contributed by atoms with E-state index in [9.17, 15) is 27.6 Å². The van der Waals surface area contributed by atoms with Crippen molar-refractivity contribution in [1.29, 1.82) is 0 Å². The second-order valence-corrected chi connectivity index (χ2v) is 7.58. The van der Waals surface area contributed by atoms with Gasteiger partial charge in [-0.1, -0.05) is 17.7 Å². The quantitative estimate of drug-likeness (QED) is 0.455. The monoisotopic (exact) mass is 520 g/mol. The summed E-state index contributed by atoms with van der Waals surface area (Å²) in [6.45, 7) is -0.511. The molecular formula is C20H17BrClF3N2O4. The van der Waals surface area contributed by atoms with E-state index in [4.69, 9.17) is 16.3 Å². The summed E-state index contributed by atoms with van der Waals surface area (Å²) < 4.78 is 43.5. The predicted octanol–water partition coefficient (Wildman–Crippen LogP) is 5.41. The summed E-state index contributed by atoms with van der Waals surface area (Å²) in [5.41, 5.74) is -0.440. The van der Waals surface area contributed by atoms with E-state index >= 15 is 0 Å². The maximum absolute atomic E-state index is 12.7. The van der Waals surface area contributed by atoms with Crippen LogP contribution in [0.15, 0.2) is 46.9 Å². The number of hydrogen-bond acceptors (Lipinski definition) is 4. The smallest absolute Gasteiger partial charge is 0.416 e. The van der Waals surface area contributed by atoms with Gasteiger partial charge in [0.25, 0.3) is 5.91 Å². The number of nitrogens with one attached hydrogen (secondary N) is 2. The third kappa shape index (κ3) is 8.58. The zero-order valence-electron chi connectivity index (χ0n) is 15.9. The van der Waals surface area contributed by atoms with E-state index in [1.807, 2.05) is 0 Å². The van der Waals surface area contributed by atoms with Gasteiger partial charge in [0.15, 0.2) is 6.61 Å². The SMILES string of the molecule is O=C(CCCC(=O)OCC(=O)Nc1ccc(Br)c(Cl)c1)Nc1cccc(C(F)(F)F)c1. The number of alkyl halides is 3. The summed E-state index contributed by atoms with van der Waals surface area (Å²) in [5, 5.41) is 5.26. The standard InChI is InChI=1S/C20H17BrClF3N2O4/c21-15-8-7-14(10-16(15)22)27-18(29)11-31-19(30)6-2-5-17(28)26-13-4-1-3-12(9-13)20(23,24)25/h1,3-4,7-10H,2,5-6,11H2,(H,26,28)(H,27,29). The van der Waals surface area contributed by atoms with E-state index in [1.54, 1.807) is 12.1 Å². The van der Waals surface area contributed by atoms with Crippen LogP contribution in [0.1, 0.15) is 24.8 Å². The molecule has 0 saturated heterocycles. The van der Waals surface area contributed by atoms with E-state index in [2.05, 4.69) is 26.6 Å². The Morgan fingerprint density at radius 1 is 0.968 bits per heavy atom. The molecule has 6 nitrogen and oxygen atoms in total. The van der Waals surface area contributed by atoms with Crippen molar-refractivity contribution in [3.05, 3.63) is 57.5 Å². The maximum atomic E-state index is 12.7. The zero-order chi connectivity index (χ0) is 23.0. The fourth-order valence-electron chi connectivity index (χ4n) is 2.38. The Kier molecular flexibility index (Phi) is 8.88.